The summed E-state index contributed by atoms with van der Waals surface area (Å²) in [5, 5.41) is 13.7. The Labute approximate surface area is 121 Å². The van der Waals surface area contributed by atoms with Crippen molar-refractivity contribution in [3.05, 3.63) is 46.4 Å². The van der Waals surface area contributed by atoms with Gasteiger partial charge in [-0.05, 0) is 25.1 Å². The Morgan fingerprint density at radius 2 is 2.40 bits per heavy atom. The molecule has 1 atom stereocenters. The predicted octanol–water partition coefficient (Wildman–Crippen LogP) is 1.83. The summed E-state index contributed by atoms with van der Waals surface area (Å²) >= 11 is 1.51. The molecular weight excluding hydrogens is 276 g/mol. The van der Waals surface area contributed by atoms with E-state index in [-0.39, 0.29) is 12.5 Å². The number of thiazole rings is 1. The van der Waals surface area contributed by atoms with Crippen LogP contribution in [0.25, 0.3) is 0 Å². The van der Waals surface area contributed by atoms with Gasteiger partial charge in [0, 0.05) is 17.5 Å². The van der Waals surface area contributed by atoms with Crippen molar-refractivity contribution in [2.75, 3.05) is 6.54 Å². The van der Waals surface area contributed by atoms with Gasteiger partial charge in [-0.25, -0.2) is 4.98 Å². The Hall–Kier alpha value is -1.92. The molecular formula is C14H16N2O3S. The summed E-state index contributed by atoms with van der Waals surface area (Å²) in [5.41, 5.74) is 3.11. The van der Waals surface area contributed by atoms with Crippen molar-refractivity contribution in [2.45, 2.75) is 19.6 Å². The van der Waals surface area contributed by atoms with E-state index in [1.54, 1.807) is 36.7 Å². The molecule has 0 bridgehead atoms. The van der Waals surface area contributed by atoms with Crippen LogP contribution < -0.4 is 10.1 Å². The zero-order chi connectivity index (χ0) is 14.4. The Kier molecular flexibility index (Phi) is 5.09. The van der Waals surface area contributed by atoms with Crippen LogP contribution in [0.1, 0.15) is 23.0 Å². The molecule has 2 rings (SSSR count). The maximum absolute atomic E-state index is 11.8. The van der Waals surface area contributed by atoms with Crippen LogP contribution in [0.15, 0.2) is 35.2 Å². The molecule has 1 aromatic heterocycles. The average Bonchev–Trinajstić information content (AvgIpc) is 2.96. The Morgan fingerprint density at radius 3 is 3.10 bits per heavy atom. The number of aromatic nitrogens is 1. The third-order valence-electron chi connectivity index (χ3n) is 2.52. The standard InChI is InChI=1S/C14H16N2O3S/c1-10(17)6-15-14(18)11-3-2-4-13(5-11)19-7-12-8-20-9-16-12/h2-5,8-10,17H,6-7H2,1H3,(H,15,18). The Bertz CT molecular complexity index is 555. The lowest BCUT2D eigenvalue weighted by molar-refractivity contribution is 0.0923. The highest BCUT2D eigenvalue weighted by Crippen LogP contribution is 2.15. The second-order valence-corrected chi connectivity index (χ2v) is 5.07. The van der Waals surface area contributed by atoms with E-state index < -0.39 is 6.10 Å². The summed E-state index contributed by atoms with van der Waals surface area (Å²) < 4.78 is 5.58. The van der Waals surface area contributed by atoms with Gasteiger partial charge in [0.2, 0.25) is 0 Å². The fraction of sp³-hybridized carbons (Fsp3) is 0.286. The normalized spacial score (nSPS) is 11.9. The van der Waals surface area contributed by atoms with Crippen LogP contribution in [-0.2, 0) is 6.61 Å². The summed E-state index contributed by atoms with van der Waals surface area (Å²) in [6.45, 7) is 2.22. The molecule has 1 amide bonds. The molecule has 0 aliphatic carbocycles. The van der Waals surface area contributed by atoms with Crippen molar-refractivity contribution in [1.29, 1.82) is 0 Å². The van der Waals surface area contributed by atoms with Crippen molar-refractivity contribution >= 4 is 17.2 Å². The number of carbonyl (C=O) groups is 1. The van der Waals surface area contributed by atoms with Gasteiger partial charge in [-0.1, -0.05) is 6.07 Å². The lowest BCUT2D eigenvalue weighted by Gasteiger charge is -2.09. The van der Waals surface area contributed by atoms with Crippen molar-refractivity contribution in [1.82, 2.24) is 10.3 Å². The van der Waals surface area contributed by atoms with Crippen molar-refractivity contribution in [2.24, 2.45) is 0 Å². The molecule has 0 aliphatic heterocycles. The molecule has 6 heteroatoms. The fourth-order valence-electron chi connectivity index (χ4n) is 1.54. The number of carbonyl (C=O) groups excluding carboxylic acids is 1. The first kappa shape index (κ1) is 14.5. The third-order valence-corrected chi connectivity index (χ3v) is 3.16. The number of nitrogens with one attached hydrogen (secondary N) is 1. The van der Waals surface area contributed by atoms with Crippen LogP contribution in [0.3, 0.4) is 0 Å². The number of amides is 1. The molecule has 0 spiro atoms. The number of ether oxygens (including phenoxy) is 1. The number of hydrogen-bond acceptors (Lipinski definition) is 5. The molecule has 2 aromatic rings. The lowest BCUT2D eigenvalue weighted by Crippen LogP contribution is -2.30. The first-order valence-electron chi connectivity index (χ1n) is 6.21. The summed E-state index contributed by atoms with van der Waals surface area (Å²) in [5.74, 6) is 0.382. The minimum absolute atomic E-state index is 0.225. The highest BCUT2D eigenvalue weighted by atomic mass is 32.1. The number of hydrogen-bond donors (Lipinski definition) is 2. The molecule has 0 aliphatic rings. The molecule has 0 saturated carbocycles. The molecule has 1 unspecified atom stereocenters. The molecule has 1 aromatic carbocycles. The van der Waals surface area contributed by atoms with E-state index in [0.717, 1.165) is 5.69 Å². The fourth-order valence-corrected chi connectivity index (χ4v) is 2.08. The van der Waals surface area contributed by atoms with Crippen LogP contribution in [0, 0.1) is 0 Å². The largest absolute Gasteiger partial charge is 0.487 e. The van der Waals surface area contributed by atoms with Gasteiger partial charge in [0.1, 0.15) is 12.4 Å². The zero-order valence-corrected chi connectivity index (χ0v) is 11.9. The molecule has 0 fully saturated rings. The zero-order valence-electron chi connectivity index (χ0n) is 11.1. The molecule has 2 N–H and O–H groups in total. The molecule has 1 heterocycles. The van der Waals surface area contributed by atoms with Crippen LogP contribution in [0.5, 0.6) is 5.75 Å². The molecule has 106 valence electrons. The highest BCUT2D eigenvalue weighted by Gasteiger charge is 2.07. The summed E-state index contributed by atoms with van der Waals surface area (Å²) in [6.07, 6.45) is -0.567. The monoisotopic (exact) mass is 292 g/mol. The van der Waals surface area contributed by atoms with Crippen molar-refractivity contribution < 1.29 is 14.6 Å². The number of rotatable bonds is 6. The molecule has 0 radical (unpaired) electrons. The van der Waals surface area contributed by atoms with Crippen LogP contribution in [0.4, 0.5) is 0 Å². The lowest BCUT2D eigenvalue weighted by atomic mass is 10.2. The van der Waals surface area contributed by atoms with Gasteiger partial charge in [0.05, 0.1) is 17.3 Å². The van der Waals surface area contributed by atoms with Crippen LogP contribution in [0.2, 0.25) is 0 Å². The summed E-state index contributed by atoms with van der Waals surface area (Å²) in [4.78, 5) is 16.0. The first-order chi connectivity index (χ1) is 9.65. The predicted molar refractivity (Wildman–Crippen MR) is 76.9 cm³/mol. The average molecular weight is 292 g/mol. The topological polar surface area (TPSA) is 71.5 Å². The number of benzene rings is 1. The van der Waals surface area contributed by atoms with E-state index in [2.05, 4.69) is 10.3 Å². The maximum Gasteiger partial charge on any atom is 0.251 e. The van der Waals surface area contributed by atoms with Gasteiger partial charge in [-0.2, -0.15) is 0 Å². The van der Waals surface area contributed by atoms with E-state index in [1.165, 1.54) is 11.3 Å². The highest BCUT2D eigenvalue weighted by molar-refractivity contribution is 7.07. The van der Waals surface area contributed by atoms with E-state index in [4.69, 9.17) is 9.84 Å². The minimum atomic E-state index is -0.567. The van der Waals surface area contributed by atoms with E-state index in [9.17, 15) is 4.79 Å². The first-order valence-corrected chi connectivity index (χ1v) is 7.15. The molecule has 0 saturated heterocycles. The smallest absolute Gasteiger partial charge is 0.251 e. The van der Waals surface area contributed by atoms with Crippen molar-refractivity contribution in [3.63, 3.8) is 0 Å². The SMILES string of the molecule is CC(O)CNC(=O)c1cccc(OCc2cscn2)c1. The molecule has 20 heavy (non-hydrogen) atoms. The number of aliphatic hydroxyl groups is 1. The Morgan fingerprint density at radius 1 is 1.55 bits per heavy atom. The van der Waals surface area contributed by atoms with Gasteiger partial charge in [-0.3, -0.25) is 4.79 Å². The molecule has 5 nitrogen and oxygen atoms in total. The second-order valence-electron chi connectivity index (χ2n) is 4.36. The Balaban J connectivity index is 1.95. The second kappa shape index (κ2) is 7.02. The van der Waals surface area contributed by atoms with Gasteiger partial charge >= 0.3 is 0 Å². The quantitative estimate of drug-likeness (QED) is 0.852. The summed E-state index contributed by atoms with van der Waals surface area (Å²) in [6, 6.07) is 6.92. The van der Waals surface area contributed by atoms with E-state index in [1.807, 2.05) is 5.38 Å². The van der Waals surface area contributed by atoms with Gasteiger partial charge in [0.25, 0.3) is 5.91 Å². The van der Waals surface area contributed by atoms with Crippen LogP contribution in [-0.4, -0.2) is 28.6 Å². The van der Waals surface area contributed by atoms with Crippen LogP contribution >= 0.6 is 11.3 Å². The number of aliphatic hydroxyl groups excluding tert-OH is 1. The van der Waals surface area contributed by atoms with Gasteiger partial charge < -0.3 is 15.2 Å². The van der Waals surface area contributed by atoms with E-state index >= 15 is 0 Å². The van der Waals surface area contributed by atoms with Gasteiger partial charge in [-0.15, -0.1) is 11.3 Å². The third kappa shape index (κ3) is 4.32. The maximum atomic E-state index is 11.8. The van der Waals surface area contributed by atoms with E-state index in [0.29, 0.717) is 17.9 Å². The number of nitrogens with zero attached hydrogens (tertiary/aromatic N) is 1. The van der Waals surface area contributed by atoms with Crippen molar-refractivity contribution in [3.8, 4) is 5.75 Å². The summed E-state index contributed by atoms with van der Waals surface area (Å²) in [7, 11) is 0. The minimum Gasteiger partial charge on any atom is -0.487 e. The van der Waals surface area contributed by atoms with Gasteiger partial charge in [0.15, 0.2) is 0 Å².